The molecular weight excluding hydrogens is 211 g/mol. The number of hydrogen-bond donors (Lipinski definition) is 0. The standard InChI is InChI=1S/C11H9FN2O2/c1-6-3-4-8(12)5-9(6)10-13-11(7(2)15)16-14-10/h3-5H,1-2H3. The van der Waals surface area contributed by atoms with Gasteiger partial charge >= 0.3 is 0 Å². The number of benzene rings is 1. The van der Waals surface area contributed by atoms with Crippen LogP contribution in [0.5, 0.6) is 0 Å². The van der Waals surface area contributed by atoms with Crippen LogP contribution in [0.4, 0.5) is 4.39 Å². The Morgan fingerprint density at radius 2 is 2.19 bits per heavy atom. The lowest BCUT2D eigenvalue weighted by molar-refractivity contribution is 0.0972. The van der Waals surface area contributed by atoms with E-state index in [1.54, 1.807) is 13.0 Å². The second-order valence-corrected chi connectivity index (χ2v) is 3.44. The van der Waals surface area contributed by atoms with Crippen molar-refractivity contribution < 1.29 is 13.7 Å². The number of halogens is 1. The summed E-state index contributed by atoms with van der Waals surface area (Å²) in [6.07, 6.45) is 0. The molecule has 1 aromatic carbocycles. The fourth-order valence-corrected chi connectivity index (χ4v) is 1.31. The predicted octanol–water partition coefficient (Wildman–Crippen LogP) is 2.39. The van der Waals surface area contributed by atoms with Crippen molar-refractivity contribution in [3.8, 4) is 11.4 Å². The van der Waals surface area contributed by atoms with Crippen LogP contribution < -0.4 is 0 Å². The largest absolute Gasteiger partial charge is 0.330 e. The Balaban J connectivity index is 2.50. The second-order valence-electron chi connectivity index (χ2n) is 3.44. The lowest BCUT2D eigenvalue weighted by Gasteiger charge is -1.99. The maximum absolute atomic E-state index is 13.0. The van der Waals surface area contributed by atoms with Crippen molar-refractivity contribution in [2.75, 3.05) is 0 Å². The van der Waals surface area contributed by atoms with E-state index in [9.17, 15) is 9.18 Å². The molecule has 0 aliphatic carbocycles. The first-order valence-corrected chi connectivity index (χ1v) is 4.69. The van der Waals surface area contributed by atoms with Gasteiger partial charge in [0.1, 0.15) is 5.82 Å². The predicted molar refractivity (Wildman–Crippen MR) is 54.4 cm³/mol. The lowest BCUT2D eigenvalue weighted by Crippen LogP contribution is -1.92. The molecule has 0 unspecified atom stereocenters. The molecule has 1 aromatic heterocycles. The highest BCUT2D eigenvalue weighted by Crippen LogP contribution is 2.21. The van der Waals surface area contributed by atoms with Gasteiger partial charge in [0.15, 0.2) is 0 Å². The Bertz CT molecular complexity index is 549. The summed E-state index contributed by atoms with van der Waals surface area (Å²) >= 11 is 0. The van der Waals surface area contributed by atoms with E-state index in [-0.39, 0.29) is 23.3 Å². The molecule has 0 saturated heterocycles. The monoisotopic (exact) mass is 220 g/mol. The molecule has 5 heteroatoms. The Morgan fingerprint density at radius 1 is 1.44 bits per heavy atom. The van der Waals surface area contributed by atoms with Gasteiger partial charge in [-0.3, -0.25) is 4.79 Å². The molecular formula is C11H9FN2O2. The summed E-state index contributed by atoms with van der Waals surface area (Å²) < 4.78 is 17.8. The Kier molecular flexibility index (Phi) is 2.52. The average molecular weight is 220 g/mol. The van der Waals surface area contributed by atoms with Crippen molar-refractivity contribution in [2.45, 2.75) is 13.8 Å². The van der Waals surface area contributed by atoms with E-state index >= 15 is 0 Å². The van der Waals surface area contributed by atoms with Crippen LogP contribution in [0, 0.1) is 12.7 Å². The minimum absolute atomic E-state index is 0.0707. The van der Waals surface area contributed by atoms with Crippen molar-refractivity contribution in [2.24, 2.45) is 0 Å². The highest BCUT2D eigenvalue weighted by molar-refractivity contribution is 5.89. The summed E-state index contributed by atoms with van der Waals surface area (Å²) in [6.45, 7) is 3.13. The van der Waals surface area contributed by atoms with Gasteiger partial charge in [0.2, 0.25) is 11.6 Å². The van der Waals surface area contributed by atoms with E-state index < -0.39 is 0 Å². The van der Waals surface area contributed by atoms with E-state index in [1.165, 1.54) is 19.1 Å². The van der Waals surface area contributed by atoms with Gasteiger partial charge in [0.25, 0.3) is 5.89 Å². The van der Waals surface area contributed by atoms with Gasteiger partial charge in [-0.2, -0.15) is 4.98 Å². The zero-order valence-corrected chi connectivity index (χ0v) is 8.82. The first-order chi connectivity index (χ1) is 7.58. The van der Waals surface area contributed by atoms with Gasteiger partial charge in [0, 0.05) is 12.5 Å². The zero-order chi connectivity index (χ0) is 11.7. The number of aromatic nitrogens is 2. The number of rotatable bonds is 2. The number of Topliss-reactive ketones (excluding diaryl/α,β-unsaturated/α-hetero) is 1. The third-order valence-corrected chi connectivity index (χ3v) is 2.17. The number of carbonyl (C=O) groups excluding carboxylic acids is 1. The van der Waals surface area contributed by atoms with E-state index in [0.29, 0.717) is 5.56 Å². The van der Waals surface area contributed by atoms with Crippen molar-refractivity contribution in [3.63, 3.8) is 0 Å². The fourth-order valence-electron chi connectivity index (χ4n) is 1.31. The highest BCUT2D eigenvalue weighted by Gasteiger charge is 2.14. The lowest BCUT2D eigenvalue weighted by atomic mass is 10.1. The van der Waals surface area contributed by atoms with Crippen molar-refractivity contribution >= 4 is 5.78 Å². The second kappa shape index (κ2) is 3.84. The molecule has 82 valence electrons. The number of aryl methyl sites for hydroxylation is 1. The molecule has 0 N–H and O–H groups in total. The molecule has 2 rings (SSSR count). The van der Waals surface area contributed by atoms with Gasteiger partial charge in [-0.1, -0.05) is 11.2 Å². The first-order valence-electron chi connectivity index (χ1n) is 4.69. The van der Waals surface area contributed by atoms with Crippen LogP contribution in [-0.4, -0.2) is 15.9 Å². The quantitative estimate of drug-likeness (QED) is 0.729. The van der Waals surface area contributed by atoms with E-state index in [2.05, 4.69) is 10.1 Å². The number of carbonyl (C=O) groups is 1. The molecule has 0 spiro atoms. The van der Waals surface area contributed by atoms with Crippen LogP contribution >= 0.6 is 0 Å². The van der Waals surface area contributed by atoms with E-state index in [0.717, 1.165) is 5.56 Å². The van der Waals surface area contributed by atoms with Crippen LogP contribution in [0.1, 0.15) is 23.2 Å². The summed E-state index contributed by atoms with van der Waals surface area (Å²) in [4.78, 5) is 14.9. The average Bonchev–Trinajstić information content (AvgIpc) is 2.70. The molecule has 1 heterocycles. The molecule has 4 nitrogen and oxygen atoms in total. The molecule has 0 fully saturated rings. The molecule has 0 aliphatic heterocycles. The van der Waals surface area contributed by atoms with Gasteiger partial charge in [-0.25, -0.2) is 4.39 Å². The first kappa shape index (κ1) is 10.5. The number of ketones is 1. The van der Waals surface area contributed by atoms with Crippen LogP contribution in [0.25, 0.3) is 11.4 Å². The van der Waals surface area contributed by atoms with Gasteiger partial charge < -0.3 is 4.52 Å². The molecule has 0 saturated carbocycles. The minimum atomic E-state index is -0.380. The highest BCUT2D eigenvalue weighted by atomic mass is 19.1. The molecule has 0 amide bonds. The normalized spacial score (nSPS) is 10.4. The van der Waals surface area contributed by atoms with E-state index in [1.807, 2.05) is 0 Å². The zero-order valence-electron chi connectivity index (χ0n) is 8.82. The summed E-state index contributed by atoms with van der Waals surface area (Å²) in [7, 11) is 0. The van der Waals surface area contributed by atoms with Crippen LogP contribution in [0.2, 0.25) is 0 Å². The molecule has 0 bridgehead atoms. The van der Waals surface area contributed by atoms with Gasteiger partial charge in [0.05, 0.1) is 0 Å². The Hall–Kier alpha value is -2.04. The van der Waals surface area contributed by atoms with Crippen LogP contribution in [0.3, 0.4) is 0 Å². The molecule has 0 radical (unpaired) electrons. The van der Waals surface area contributed by atoms with Crippen molar-refractivity contribution in [1.82, 2.24) is 10.1 Å². The smallest absolute Gasteiger partial charge is 0.294 e. The van der Waals surface area contributed by atoms with Gasteiger partial charge in [-0.15, -0.1) is 0 Å². The maximum atomic E-state index is 13.0. The molecule has 0 aliphatic rings. The van der Waals surface area contributed by atoms with Crippen molar-refractivity contribution in [3.05, 3.63) is 35.5 Å². The fraction of sp³-hybridized carbons (Fsp3) is 0.182. The number of hydrogen-bond acceptors (Lipinski definition) is 4. The maximum Gasteiger partial charge on any atom is 0.294 e. The summed E-state index contributed by atoms with van der Waals surface area (Å²) in [5.74, 6) is -0.538. The minimum Gasteiger partial charge on any atom is -0.330 e. The van der Waals surface area contributed by atoms with Crippen LogP contribution in [-0.2, 0) is 0 Å². The third-order valence-electron chi connectivity index (χ3n) is 2.17. The van der Waals surface area contributed by atoms with Gasteiger partial charge in [-0.05, 0) is 24.6 Å². The van der Waals surface area contributed by atoms with Crippen molar-refractivity contribution in [1.29, 1.82) is 0 Å². The summed E-state index contributed by atoms with van der Waals surface area (Å²) in [5.41, 5.74) is 1.34. The molecule has 16 heavy (non-hydrogen) atoms. The van der Waals surface area contributed by atoms with E-state index in [4.69, 9.17) is 4.52 Å². The Labute approximate surface area is 91.1 Å². The third kappa shape index (κ3) is 1.84. The molecule has 0 atom stereocenters. The topological polar surface area (TPSA) is 56.0 Å². The SMILES string of the molecule is CC(=O)c1nc(-c2cc(F)ccc2C)no1. The number of nitrogens with zero attached hydrogens (tertiary/aromatic N) is 2. The van der Waals surface area contributed by atoms with Crippen LogP contribution in [0.15, 0.2) is 22.7 Å². The Morgan fingerprint density at radius 3 is 2.81 bits per heavy atom. The molecule has 2 aromatic rings. The summed E-state index contributed by atoms with van der Waals surface area (Å²) in [6, 6.07) is 4.28. The summed E-state index contributed by atoms with van der Waals surface area (Å²) in [5, 5.41) is 3.64.